The fourth-order valence-corrected chi connectivity index (χ4v) is 2.32. The van der Waals surface area contributed by atoms with Gasteiger partial charge in [0, 0.05) is 17.3 Å². The fourth-order valence-electron chi connectivity index (χ4n) is 2.32. The van der Waals surface area contributed by atoms with Crippen molar-refractivity contribution in [3.05, 3.63) is 34.8 Å². The van der Waals surface area contributed by atoms with Gasteiger partial charge in [-0.1, -0.05) is 5.16 Å². The van der Waals surface area contributed by atoms with Crippen molar-refractivity contribution in [3.8, 4) is 5.75 Å². The zero-order chi connectivity index (χ0) is 17.0. The minimum atomic E-state index is -0.333. The predicted molar refractivity (Wildman–Crippen MR) is 86.8 cm³/mol. The van der Waals surface area contributed by atoms with Gasteiger partial charge in [-0.3, -0.25) is 5.32 Å². The van der Waals surface area contributed by atoms with Gasteiger partial charge in [0.1, 0.15) is 5.76 Å². The lowest BCUT2D eigenvalue weighted by molar-refractivity contribution is 0.249. The third-order valence-electron chi connectivity index (χ3n) is 3.52. The van der Waals surface area contributed by atoms with Crippen LogP contribution in [0.1, 0.15) is 29.6 Å². The van der Waals surface area contributed by atoms with Crippen LogP contribution in [-0.4, -0.2) is 29.3 Å². The normalized spacial score (nSPS) is 11.9. The number of pyridine rings is 1. The van der Waals surface area contributed by atoms with E-state index in [1.807, 2.05) is 33.8 Å². The molecule has 0 aliphatic rings. The highest BCUT2D eigenvalue weighted by Crippen LogP contribution is 2.21. The fraction of sp³-hybridized carbons (Fsp3) is 0.438. The first-order valence-electron chi connectivity index (χ1n) is 7.41. The molecule has 0 fully saturated rings. The summed E-state index contributed by atoms with van der Waals surface area (Å²) in [6.07, 6.45) is 0.646. The lowest BCUT2D eigenvalue weighted by Gasteiger charge is -2.15. The Balaban J connectivity index is 1.98. The Morgan fingerprint density at radius 3 is 2.70 bits per heavy atom. The van der Waals surface area contributed by atoms with E-state index in [-0.39, 0.29) is 12.1 Å². The van der Waals surface area contributed by atoms with Crippen LogP contribution in [0.3, 0.4) is 0 Å². The number of hydrogen-bond donors (Lipinski definition) is 2. The summed E-state index contributed by atoms with van der Waals surface area (Å²) in [5, 5.41) is 9.51. The highest BCUT2D eigenvalue weighted by atomic mass is 16.5. The number of carbonyl (C=O) groups excluding carboxylic acids is 1. The maximum Gasteiger partial charge on any atom is 0.320 e. The molecule has 0 aliphatic carbocycles. The van der Waals surface area contributed by atoms with E-state index in [9.17, 15) is 4.79 Å². The van der Waals surface area contributed by atoms with Gasteiger partial charge in [-0.05, 0) is 46.2 Å². The molecule has 0 radical (unpaired) electrons. The summed E-state index contributed by atoms with van der Waals surface area (Å²) in [4.78, 5) is 16.4. The Hall–Kier alpha value is -2.57. The molecule has 2 aromatic rings. The Kier molecular flexibility index (Phi) is 5.20. The van der Waals surface area contributed by atoms with Gasteiger partial charge in [0.25, 0.3) is 0 Å². The molecule has 2 rings (SSSR count). The highest BCUT2D eigenvalue weighted by molar-refractivity contribution is 5.89. The first kappa shape index (κ1) is 16.8. The SMILES string of the molecule is COc1ccc(C)nc1NC(=O)N[C@H](C)Cc1c(C)noc1C. The van der Waals surface area contributed by atoms with E-state index in [4.69, 9.17) is 9.26 Å². The molecule has 0 saturated carbocycles. The summed E-state index contributed by atoms with van der Waals surface area (Å²) in [6.45, 7) is 7.53. The van der Waals surface area contributed by atoms with Crippen LogP contribution in [0.15, 0.2) is 16.7 Å². The summed E-state index contributed by atoms with van der Waals surface area (Å²) in [7, 11) is 1.54. The molecular formula is C16H22N4O3. The molecule has 1 atom stereocenters. The first-order chi connectivity index (χ1) is 10.9. The summed E-state index contributed by atoms with van der Waals surface area (Å²) in [6, 6.07) is 3.18. The number of nitrogens with zero attached hydrogens (tertiary/aromatic N) is 2. The monoisotopic (exact) mass is 318 g/mol. The summed E-state index contributed by atoms with van der Waals surface area (Å²) in [5.41, 5.74) is 2.66. The molecule has 2 amide bonds. The van der Waals surface area contributed by atoms with Crippen molar-refractivity contribution in [2.75, 3.05) is 12.4 Å². The zero-order valence-corrected chi connectivity index (χ0v) is 14.1. The van der Waals surface area contributed by atoms with Crippen LogP contribution < -0.4 is 15.4 Å². The minimum absolute atomic E-state index is 0.0809. The van der Waals surface area contributed by atoms with Gasteiger partial charge in [0.2, 0.25) is 0 Å². The van der Waals surface area contributed by atoms with Gasteiger partial charge in [0.05, 0.1) is 12.8 Å². The van der Waals surface area contributed by atoms with E-state index in [1.54, 1.807) is 6.07 Å². The van der Waals surface area contributed by atoms with Crippen LogP contribution in [0.25, 0.3) is 0 Å². The molecule has 2 N–H and O–H groups in total. The molecule has 0 saturated heterocycles. The van der Waals surface area contributed by atoms with Crippen molar-refractivity contribution in [2.24, 2.45) is 0 Å². The standard InChI is InChI=1S/C16H22N4O3/c1-9-6-7-14(22-5)15(17-9)19-16(21)18-10(2)8-13-11(3)20-23-12(13)4/h6-7,10H,8H2,1-5H3,(H2,17,18,19,21)/t10-/m1/s1. The molecule has 7 heteroatoms. The number of methoxy groups -OCH3 is 1. The number of anilines is 1. The quantitative estimate of drug-likeness (QED) is 0.885. The number of rotatable bonds is 5. The van der Waals surface area contributed by atoms with Crippen molar-refractivity contribution >= 4 is 11.8 Å². The van der Waals surface area contributed by atoms with Crippen molar-refractivity contribution in [1.29, 1.82) is 0 Å². The van der Waals surface area contributed by atoms with Crippen LogP contribution >= 0.6 is 0 Å². The van der Waals surface area contributed by atoms with Gasteiger partial charge in [0.15, 0.2) is 11.6 Å². The van der Waals surface area contributed by atoms with E-state index in [2.05, 4.69) is 20.8 Å². The topological polar surface area (TPSA) is 89.3 Å². The lowest BCUT2D eigenvalue weighted by Crippen LogP contribution is -2.37. The van der Waals surface area contributed by atoms with Crippen molar-refractivity contribution < 1.29 is 14.1 Å². The van der Waals surface area contributed by atoms with E-state index in [1.165, 1.54) is 7.11 Å². The Morgan fingerprint density at radius 1 is 1.35 bits per heavy atom. The predicted octanol–water partition coefficient (Wildman–Crippen LogP) is 2.76. The molecule has 7 nitrogen and oxygen atoms in total. The lowest BCUT2D eigenvalue weighted by atomic mass is 10.1. The van der Waals surface area contributed by atoms with E-state index in [0.29, 0.717) is 18.0 Å². The van der Waals surface area contributed by atoms with Crippen molar-refractivity contribution in [2.45, 2.75) is 40.2 Å². The van der Waals surface area contributed by atoms with Gasteiger partial charge < -0.3 is 14.6 Å². The highest BCUT2D eigenvalue weighted by Gasteiger charge is 2.16. The number of ether oxygens (including phenoxy) is 1. The molecule has 23 heavy (non-hydrogen) atoms. The average Bonchev–Trinajstić information content (AvgIpc) is 2.79. The second-order valence-electron chi connectivity index (χ2n) is 5.51. The number of carbonyl (C=O) groups is 1. The third-order valence-corrected chi connectivity index (χ3v) is 3.52. The van der Waals surface area contributed by atoms with Gasteiger partial charge in [-0.15, -0.1) is 0 Å². The molecular weight excluding hydrogens is 296 g/mol. The minimum Gasteiger partial charge on any atom is -0.493 e. The van der Waals surface area contributed by atoms with Crippen molar-refractivity contribution in [3.63, 3.8) is 0 Å². The molecule has 0 aromatic carbocycles. The number of urea groups is 1. The number of aromatic nitrogens is 2. The van der Waals surface area contributed by atoms with Crippen LogP contribution in [0, 0.1) is 20.8 Å². The molecule has 0 aliphatic heterocycles. The first-order valence-corrected chi connectivity index (χ1v) is 7.41. The third kappa shape index (κ3) is 4.21. The van der Waals surface area contributed by atoms with Crippen molar-refractivity contribution in [1.82, 2.24) is 15.5 Å². The zero-order valence-electron chi connectivity index (χ0n) is 14.1. The van der Waals surface area contributed by atoms with Gasteiger partial charge in [-0.2, -0.15) is 0 Å². The summed E-state index contributed by atoms with van der Waals surface area (Å²) in [5.74, 6) is 1.69. The van der Waals surface area contributed by atoms with Crippen LogP contribution in [0.5, 0.6) is 5.75 Å². The van der Waals surface area contributed by atoms with Crippen LogP contribution in [0.2, 0.25) is 0 Å². The molecule has 2 heterocycles. The maximum absolute atomic E-state index is 12.1. The second kappa shape index (κ2) is 7.13. The molecule has 124 valence electrons. The molecule has 0 bridgehead atoms. The molecule has 0 unspecified atom stereocenters. The Bertz CT molecular complexity index is 677. The number of nitrogens with one attached hydrogen (secondary N) is 2. The van der Waals surface area contributed by atoms with Crippen LogP contribution in [0.4, 0.5) is 10.6 Å². The summed E-state index contributed by atoms with van der Waals surface area (Å²) >= 11 is 0. The number of aryl methyl sites for hydroxylation is 3. The smallest absolute Gasteiger partial charge is 0.320 e. The average molecular weight is 318 g/mol. The molecule has 2 aromatic heterocycles. The maximum atomic E-state index is 12.1. The number of amides is 2. The van der Waals surface area contributed by atoms with Gasteiger partial charge >= 0.3 is 6.03 Å². The van der Waals surface area contributed by atoms with Crippen LogP contribution in [-0.2, 0) is 6.42 Å². The Labute approximate surface area is 135 Å². The Morgan fingerprint density at radius 2 is 2.09 bits per heavy atom. The second-order valence-corrected chi connectivity index (χ2v) is 5.51. The summed E-state index contributed by atoms with van der Waals surface area (Å²) < 4.78 is 10.3. The van der Waals surface area contributed by atoms with E-state index in [0.717, 1.165) is 22.7 Å². The molecule has 0 spiro atoms. The van der Waals surface area contributed by atoms with E-state index < -0.39 is 0 Å². The number of hydrogen-bond acceptors (Lipinski definition) is 5. The largest absolute Gasteiger partial charge is 0.493 e. The van der Waals surface area contributed by atoms with E-state index >= 15 is 0 Å². The van der Waals surface area contributed by atoms with Gasteiger partial charge in [-0.25, -0.2) is 9.78 Å².